The van der Waals surface area contributed by atoms with Crippen LogP contribution >= 0.6 is 0 Å². The predicted octanol–water partition coefficient (Wildman–Crippen LogP) is 2.53. The summed E-state index contributed by atoms with van der Waals surface area (Å²) in [6.07, 6.45) is 0. The van der Waals surface area contributed by atoms with Gasteiger partial charge in [0.05, 0.1) is 11.5 Å². The second kappa shape index (κ2) is 6.39. The molecule has 0 saturated carbocycles. The van der Waals surface area contributed by atoms with Crippen molar-refractivity contribution in [2.24, 2.45) is 0 Å². The summed E-state index contributed by atoms with van der Waals surface area (Å²) in [6.45, 7) is 3.58. The van der Waals surface area contributed by atoms with E-state index in [9.17, 15) is 8.42 Å². The molecule has 0 bridgehead atoms. The van der Waals surface area contributed by atoms with Crippen LogP contribution in [0.1, 0.15) is 29.7 Å². The number of aliphatic hydroxyl groups excluding tert-OH is 1. The fourth-order valence-electron chi connectivity index (χ4n) is 2.25. The first kappa shape index (κ1) is 15.7. The van der Waals surface area contributed by atoms with Gasteiger partial charge in [0.1, 0.15) is 0 Å². The molecule has 112 valence electrons. The van der Waals surface area contributed by atoms with Gasteiger partial charge in [0.2, 0.25) is 10.0 Å². The van der Waals surface area contributed by atoms with Gasteiger partial charge in [0.25, 0.3) is 0 Å². The lowest BCUT2D eigenvalue weighted by Gasteiger charge is -2.17. The normalized spacial score (nSPS) is 13.1. The van der Waals surface area contributed by atoms with E-state index in [1.54, 1.807) is 12.1 Å². The summed E-state index contributed by atoms with van der Waals surface area (Å²) in [7, 11) is -3.62. The van der Waals surface area contributed by atoms with Gasteiger partial charge in [0, 0.05) is 6.04 Å². The molecule has 0 fully saturated rings. The van der Waals surface area contributed by atoms with Crippen LogP contribution in [0.2, 0.25) is 0 Å². The summed E-state index contributed by atoms with van der Waals surface area (Å²) < 4.78 is 27.5. The highest BCUT2D eigenvalue weighted by atomic mass is 32.2. The van der Waals surface area contributed by atoms with Gasteiger partial charge in [0.15, 0.2) is 0 Å². The monoisotopic (exact) mass is 305 g/mol. The van der Waals surface area contributed by atoms with E-state index in [1.165, 1.54) is 12.1 Å². The minimum Gasteiger partial charge on any atom is -0.392 e. The third kappa shape index (κ3) is 3.69. The number of aliphatic hydroxyl groups is 1. The van der Waals surface area contributed by atoms with Crippen LogP contribution < -0.4 is 4.72 Å². The second-order valence-electron chi connectivity index (χ2n) is 5.01. The number of nitrogens with one attached hydrogen (secondary N) is 1. The highest BCUT2D eigenvalue weighted by Crippen LogP contribution is 2.20. The molecule has 2 aromatic carbocycles. The Morgan fingerprint density at radius 3 is 2.52 bits per heavy atom. The maximum atomic E-state index is 12.4. The standard InChI is InChI=1S/C16H19NO3S/c1-12-6-3-4-9-16(12)13(2)17-21(19,20)15-8-5-7-14(10-15)11-18/h3-10,13,17-18H,11H2,1-2H3. The lowest BCUT2D eigenvalue weighted by atomic mass is 10.0. The van der Waals surface area contributed by atoms with Crippen LogP contribution in [0.15, 0.2) is 53.4 Å². The van der Waals surface area contributed by atoms with Crippen LogP contribution in [-0.2, 0) is 16.6 Å². The van der Waals surface area contributed by atoms with E-state index < -0.39 is 10.0 Å². The van der Waals surface area contributed by atoms with Crippen LogP contribution in [0, 0.1) is 6.92 Å². The van der Waals surface area contributed by atoms with Crippen molar-refractivity contribution in [3.63, 3.8) is 0 Å². The average Bonchev–Trinajstić information content (AvgIpc) is 2.47. The molecule has 2 N–H and O–H groups in total. The maximum Gasteiger partial charge on any atom is 0.241 e. The molecule has 0 spiro atoms. The number of hydrogen-bond acceptors (Lipinski definition) is 3. The summed E-state index contributed by atoms with van der Waals surface area (Å²) in [5, 5.41) is 9.11. The summed E-state index contributed by atoms with van der Waals surface area (Å²) in [5.74, 6) is 0. The summed E-state index contributed by atoms with van der Waals surface area (Å²) in [6, 6.07) is 13.7. The van der Waals surface area contributed by atoms with E-state index in [0.717, 1.165) is 11.1 Å². The Morgan fingerprint density at radius 1 is 1.14 bits per heavy atom. The van der Waals surface area contributed by atoms with Crippen molar-refractivity contribution in [3.05, 3.63) is 65.2 Å². The SMILES string of the molecule is Cc1ccccc1C(C)NS(=O)(=O)c1cccc(CO)c1. The smallest absolute Gasteiger partial charge is 0.241 e. The molecule has 2 aromatic rings. The predicted molar refractivity (Wildman–Crippen MR) is 82.3 cm³/mol. The number of hydrogen-bond donors (Lipinski definition) is 2. The fourth-order valence-corrected chi connectivity index (χ4v) is 3.54. The van der Waals surface area contributed by atoms with Gasteiger partial charge >= 0.3 is 0 Å². The summed E-state index contributed by atoms with van der Waals surface area (Å²) in [4.78, 5) is 0.162. The Balaban J connectivity index is 2.27. The zero-order chi connectivity index (χ0) is 15.5. The van der Waals surface area contributed by atoms with Crippen molar-refractivity contribution < 1.29 is 13.5 Å². The topological polar surface area (TPSA) is 66.4 Å². The van der Waals surface area contributed by atoms with Crippen LogP contribution in [0.5, 0.6) is 0 Å². The molecular weight excluding hydrogens is 286 g/mol. The lowest BCUT2D eigenvalue weighted by molar-refractivity contribution is 0.281. The quantitative estimate of drug-likeness (QED) is 0.892. The van der Waals surface area contributed by atoms with Crippen molar-refractivity contribution in [1.82, 2.24) is 4.72 Å². The largest absolute Gasteiger partial charge is 0.392 e. The van der Waals surface area contributed by atoms with Gasteiger partial charge in [-0.3, -0.25) is 0 Å². The van der Waals surface area contributed by atoms with Crippen molar-refractivity contribution in [3.8, 4) is 0 Å². The van der Waals surface area contributed by atoms with E-state index in [4.69, 9.17) is 5.11 Å². The average molecular weight is 305 g/mol. The van der Waals surface area contributed by atoms with Gasteiger partial charge in [-0.1, -0.05) is 36.4 Å². The molecule has 1 atom stereocenters. The van der Waals surface area contributed by atoms with Gasteiger partial charge in [-0.05, 0) is 42.7 Å². The van der Waals surface area contributed by atoms with Gasteiger partial charge in [-0.2, -0.15) is 0 Å². The minimum atomic E-state index is -3.62. The molecule has 0 saturated heterocycles. The molecule has 0 aromatic heterocycles. The van der Waals surface area contributed by atoms with Crippen LogP contribution in [0.3, 0.4) is 0 Å². The Kier molecular flexibility index (Phi) is 4.77. The lowest BCUT2D eigenvalue weighted by Crippen LogP contribution is -2.27. The van der Waals surface area contributed by atoms with E-state index in [-0.39, 0.29) is 17.5 Å². The van der Waals surface area contributed by atoms with Crippen LogP contribution in [0.25, 0.3) is 0 Å². The molecule has 0 aliphatic rings. The number of rotatable bonds is 5. The maximum absolute atomic E-state index is 12.4. The summed E-state index contributed by atoms with van der Waals surface area (Å²) in [5.41, 5.74) is 2.55. The molecular formula is C16H19NO3S. The Morgan fingerprint density at radius 2 is 1.86 bits per heavy atom. The molecule has 21 heavy (non-hydrogen) atoms. The Labute approximate surface area is 125 Å². The van der Waals surface area contributed by atoms with Gasteiger partial charge < -0.3 is 5.11 Å². The van der Waals surface area contributed by atoms with E-state index in [2.05, 4.69) is 4.72 Å². The van der Waals surface area contributed by atoms with Crippen molar-refractivity contribution in [2.75, 3.05) is 0 Å². The molecule has 0 radical (unpaired) electrons. The third-order valence-corrected chi connectivity index (χ3v) is 4.92. The summed E-state index contributed by atoms with van der Waals surface area (Å²) >= 11 is 0. The number of aryl methyl sites for hydroxylation is 1. The number of sulfonamides is 1. The van der Waals surface area contributed by atoms with E-state index in [1.807, 2.05) is 38.1 Å². The van der Waals surface area contributed by atoms with E-state index in [0.29, 0.717) is 5.56 Å². The first-order chi connectivity index (χ1) is 9.94. The molecule has 0 aliphatic carbocycles. The van der Waals surface area contributed by atoms with Crippen molar-refractivity contribution in [2.45, 2.75) is 31.4 Å². The zero-order valence-corrected chi connectivity index (χ0v) is 12.9. The highest BCUT2D eigenvalue weighted by molar-refractivity contribution is 7.89. The Hall–Kier alpha value is -1.69. The first-order valence-corrected chi connectivity index (χ1v) is 8.20. The third-order valence-electron chi connectivity index (χ3n) is 3.38. The molecule has 0 heterocycles. The van der Waals surface area contributed by atoms with Crippen molar-refractivity contribution in [1.29, 1.82) is 0 Å². The molecule has 4 nitrogen and oxygen atoms in total. The Bertz CT molecular complexity index is 726. The molecule has 5 heteroatoms. The molecule has 0 aliphatic heterocycles. The first-order valence-electron chi connectivity index (χ1n) is 6.71. The number of benzene rings is 2. The second-order valence-corrected chi connectivity index (χ2v) is 6.72. The highest BCUT2D eigenvalue weighted by Gasteiger charge is 2.19. The van der Waals surface area contributed by atoms with Crippen molar-refractivity contribution >= 4 is 10.0 Å². The van der Waals surface area contributed by atoms with Crippen LogP contribution in [0.4, 0.5) is 0 Å². The van der Waals surface area contributed by atoms with Gasteiger partial charge in [-0.15, -0.1) is 0 Å². The fraction of sp³-hybridized carbons (Fsp3) is 0.250. The van der Waals surface area contributed by atoms with E-state index >= 15 is 0 Å². The van der Waals surface area contributed by atoms with Crippen LogP contribution in [-0.4, -0.2) is 13.5 Å². The van der Waals surface area contributed by atoms with Gasteiger partial charge in [-0.25, -0.2) is 13.1 Å². The molecule has 2 rings (SSSR count). The zero-order valence-electron chi connectivity index (χ0n) is 12.1. The minimum absolute atomic E-state index is 0.162. The molecule has 1 unspecified atom stereocenters. The molecule has 0 amide bonds.